The lowest BCUT2D eigenvalue weighted by atomic mass is 10.1. The first-order chi connectivity index (χ1) is 13.9. The van der Waals surface area contributed by atoms with Crippen LogP contribution < -0.4 is 10.2 Å². The second-order valence-corrected chi connectivity index (χ2v) is 9.27. The van der Waals surface area contributed by atoms with E-state index >= 15 is 0 Å². The van der Waals surface area contributed by atoms with E-state index in [-0.39, 0.29) is 10.8 Å². The van der Waals surface area contributed by atoms with Gasteiger partial charge in [0, 0.05) is 30.1 Å². The third-order valence-corrected chi connectivity index (χ3v) is 6.81. The first-order valence-corrected chi connectivity index (χ1v) is 11.5. The Morgan fingerprint density at radius 3 is 2.69 bits per heavy atom. The van der Waals surface area contributed by atoms with Gasteiger partial charge in [-0.2, -0.15) is 8.42 Å². The van der Waals surface area contributed by atoms with Crippen molar-refractivity contribution in [3.05, 3.63) is 58.6 Å². The van der Waals surface area contributed by atoms with Crippen LogP contribution in [0.5, 0.6) is 0 Å². The summed E-state index contributed by atoms with van der Waals surface area (Å²) in [5.41, 5.74) is 2.00. The molecule has 2 aromatic rings. The summed E-state index contributed by atoms with van der Waals surface area (Å²) in [7, 11) is -3.80. The zero-order valence-electron chi connectivity index (χ0n) is 15.9. The van der Waals surface area contributed by atoms with E-state index in [4.69, 9.17) is 11.6 Å². The molecule has 0 spiro atoms. The highest BCUT2D eigenvalue weighted by atomic mass is 35.5. The van der Waals surface area contributed by atoms with Gasteiger partial charge in [0.25, 0.3) is 15.9 Å². The van der Waals surface area contributed by atoms with E-state index < -0.39 is 10.0 Å². The number of hydrogen-bond donors (Lipinski definition) is 1. The van der Waals surface area contributed by atoms with Crippen molar-refractivity contribution < 1.29 is 13.2 Å². The second-order valence-electron chi connectivity index (χ2n) is 7.26. The predicted octanol–water partition coefficient (Wildman–Crippen LogP) is 3.79. The number of benzene rings is 2. The van der Waals surface area contributed by atoms with Crippen LogP contribution in [0, 0.1) is 0 Å². The second kappa shape index (κ2) is 8.16. The molecule has 2 heterocycles. The van der Waals surface area contributed by atoms with Crippen molar-refractivity contribution in [2.75, 3.05) is 18.0 Å². The average molecular weight is 432 g/mol. The van der Waals surface area contributed by atoms with Gasteiger partial charge in [0.05, 0.1) is 5.69 Å². The fraction of sp³-hybridized carbons (Fsp3) is 0.333. The summed E-state index contributed by atoms with van der Waals surface area (Å²) in [6.07, 6.45) is 4.30. The summed E-state index contributed by atoms with van der Waals surface area (Å²) in [5.74, 6) is 0.303. The Morgan fingerprint density at radius 1 is 1.10 bits per heavy atom. The molecular formula is C21H22ClN3O3S. The first-order valence-electron chi connectivity index (χ1n) is 9.72. The maximum absolute atomic E-state index is 12.7. The number of halogens is 1. The van der Waals surface area contributed by atoms with Crippen molar-refractivity contribution >= 4 is 39.1 Å². The Bertz CT molecular complexity index is 1070. The lowest BCUT2D eigenvalue weighted by Crippen LogP contribution is -2.35. The summed E-state index contributed by atoms with van der Waals surface area (Å²) < 4.78 is 29.4. The van der Waals surface area contributed by atoms with Gasteiger partial charge < -0.3 is 10.2 Å². The fourth-order valence-electron chi connectivity index (χ4n) is 3.69. The van der Waals surface area contributed by atoms with Crippen molar-refractivity contribution in [1.82, 2.24) is 5.32 Å². The Morgan fingerprint density at radius 2 is 1.90 bits per heavy atom. The summed E-state index contributed by atoms with van der Waals surface area (Å²) in [4.78, 5) is 14.6. The van der Waals surface area contributed by atoms with Gasteiger partial charge in [0.1, 0.15) is 10.7 Å². The third kappa shape index (κ3) is 4.31. The number of anilines is 1. The zero-order chi connectivity index (χ0) is 20.4. The van der Waals surface area contributed by atoms with Gasteiger partial charge in [-0.3, -0.25) is 4.79 Å². The van der Waals surface area contributed by atoms with E-state index in [2.05, 4.69) is 9.71 Å². The molecule has 2 aliphatic rings. The minimum atomic E-state index is -3.80. The Balaban J connectivity index is 1.51. The molecule has 1 N–H and O–H groups in total. The van der Waals surface area contributed by atoms with E-state index in [1.807, 2.05) is 29.2 Å². The standard InChI is InChI=1S/C21H22ClN3O3S/c22-17-8-5-15(6-9-17)11-12-23-21(26)16-7-10-18-19(14-16)29(27,28)24-20-4-2-1-3-13-25(18)20/h5-10,14H,1-4,11-13H2,(H,23,26). The Hall–Kier alpha value is -2.38. The molecule has 0 unspecified atom stereocenters. The number of nitrogens with zero attached hydrogens (tertiary/aromatic N) is 2. The number of hydrogen-bond acceptors (Lipinski definition) is 4. The van der Waals surface area contributed by atoms with Crippen LogP contribution in [0.2, 0.25) is 5.02 Å². The number of rotatable bonds is 4. The molecule has 6 nitrogen and oxygen atoms in total. The molecule has 0 bridgehead atoms. The molecule has 0 aliphatic carbocycles. The van der Waals surface area contributed by atoms with Crippen LogP contribution in [0.25, 0.3) is 0 Å². The molecule has 0 radical (unpaired) electrons. The number of amides is 1. The number of fused-ring (bicyclic) bond motifs is 3. The molecule has 152 valence electrons. The van der Waals surface area contributed by atoms with E-state index in [9.17, 15) is 13.2 Å². The van der Waals surface area contributed by atoms with Gasteiger partial charge in [-0.05, 0) is 55.2 Å². The van der Waals surface area contributed by atoms with Crippen molar-refractivity contribution in [3.63, 3.8) is 0 Å². The SMILES string of the molecule is O=C(NCCc1ccc(Cl)cc1)c1ccc2c(c1)S(=O)(=O)N=C1CCCCCN12. The molecule has 0 aromatic heterocycles. The summed E-state index contributed by atoms with van der Waals surface area (Å²) in [6.45, 7) is 1.19. The number of amidine groups is 1. The van der Waals surface area contributed by atoms with E-state index in [0.29, 0.717) is 41.5 Å². The van der Waals surface area contributed by atoms with Crippen LogP contribution in [0.3, 0.4) is 0 Å². The summed E-state index contributed by atoms with van der Waals surface area (Å²) in [5, 5.41) is 3.52. The van der Waals surface area contributed by atoms with E-state index in [0.717, 1.165) is 31.4 Å². The molecule has 1 amide bonds. The number of sulfonamides is 1. The van der Waals surface area contributed by atoms with Gasteiger partial charge in [-0.25, -0.2) is 0 Å². The minimum absolute atomic E-state index is 0.105. The molecule has 0 saturated carbocycles. The quantitative estimate of drug-likeness (QED) is 0.798. The lowest BCUT2D eigenvalue weighted by molar-refractivity contribution is 0.0954. The molecule has 1 saturated heterocycles. The van der Waals surface area contributed by atoms with Crippen molar-refractivity contribution in [2.24, 2.45) is 4.40 Å². The van der Waals surface area contributed by atoms with Gasteiger partial charge >= 0.3 is 0 Å². The molecule has 29 heavy (non-hydrogen) atoms. The van der Waals surface area contributed by atoms with E-state index in [1.54, 1.807) is 12.1 Å². The van der Waals surface area contributed by atoms with E-state index in [1.165, 1.54) is 6.07 Å². The minimum Gasteiger partial charge on any atom is -0.352 e. The molecule has 2 aliphatic heterocycles. The highest BCUT2D eigenvalue weighted by molar-refractivity contribution is 7.90. The molecule has 2 aromatic carbocycles. The highest BCUT2D eigenvalue weighted by Crippen LogP contribution is 2.34. The third-order valence-electron chi connectivity index (χ3n) is 5.22. The fourth-order valence-corrected chi connectivity index (χ4v) is 5.10. The molecule has 4 rings (SSSR count). The zero-order valence-corrected chi connectivity index (χ0v) is 17.5. The lowest BCUT2D eigenvalue weighted by Gasteiger charge is -2.29. The normalized spacial score (nSPS) is 17.6. The summed E-state index contributed by atoms with van der Waals surface area (Å²) >= 11 is 5.88. The maximum Gasteiger partial charge on any atom is 0.286 e. The molecule has 8 heteroatoms. The molecule has 1 fully saturated rings. The van der Waals surface area contributed by atoms with Gasteiger partial charge in [0.2, 0.25) is 0 Å². The number of nitrogens with one attached hydrogen (secondary N) is 1. The maximum atomic E-state index is 12.7. The Labute approximate surface area is 175 Å². The van der Waals surface area contributed by atoms with Crippen LogP contribution in [0.15, 0.2) is 51.8 Å². The van der Waals surface area contributed by atoms with Gasteiger partial charge in [-0.15, -0.1) is 4.40 Å². The monoisotopic (exact) mass is 431 g/mol. The van der Waals surface area contributed by atoms with Crippen molar-refractivity contribution in [3.8, 4) is 0 Å². The average Bonchev–Trinajstić information content (AvgIpc) is 2.94. The van der Waals surface area contributed by atoms with Crippen LogP contribution in [-0.4, -0.2) is 33.3 Å². The van der Waals surface area contributed by atoms with Crippen molar-refractivity contribution in [2.45, 2.75) is 37.0 Å². The van der Waals surface area contributed by atoms with Crippen molar-refractivity contribution in [1.29, 1.82) is 0 Å². The number of carbonyl (C=O) groups is 1. The largest absolute Gasteiger partial charge is 0.352 e. The first kappa shape index (κ1) is 19.9. The smallest absolute Gasteiger partial charge is 0.286 e. The van der Waals surface area contributed by atoms with Crippen LogP contribution in [0.4, 0.5) is 5.69 Å². The highest BCUT2D eigenvalue weighted by Gasteiger charge is 2.32. The van der Waals surface area contributed by atoms with Crippen LogP contribution >= 0.6 is 11.6 Å². The number of carbonyl (C=O) groups excluding carboxylic acids is 1. The topological polar surface area (TPSA) is 78.8 Å². The van der Waals surface area contributed by atoms with Crippen LogP contribution in [-0.2, 0) is 16.4 Å². The molecular weight excluding hydrogens is 410 g/mol. The Kier molecular flexibility index (Phi) is 5.61. The molecule has 0 atom stereocenters. The summed E-state index contributed by atoms with van der Waals surface area (Å²) in [6, 6.07) is 12.3. The predicted molar refractivity (Wildman–Crippen MR) is 114 cm³/mol. The van der Waals surface area contributed by atoms with Gasteiger partial charge in [0.15, 0.2) is 0 Å². The van der Waals surface area contributed by atoms with Gasteiger partial charge in [-0.1, -0.05) is 30.2 Å². The van der Waals surface area contributed by atoms with Crippen LogP contribution in [0.1, 0.15) is 41.6 Å².